The van der Waals surface area contributed by atoms with Crippen molar-refractivity contribution in [3.8, 4) is 22.0 Å². The standard InChI is InChI=1S/C21H13F3N2O2S/c22-21(23,24)19-13-17(18-7-4-12-29-18)26(25-19)15-10-8-14(9-11-15)20(27)28-16-5-2-1-3-6-16/h1-13H. The summed E-state index contributed by atoms with van der Waals surface area (Å²) in [6.45, 7) is 0. The van der Waals surface area contributed by atoms with Crippen molar-refractivity contribution in [2.45, 2.75) is 6.18 Å². The fourth-order valence-electron chi connectivity index (χ4n) is 2.71. The predicted octanol–water partition coefficient (Wildman–Crippen LogP) is 5.84. The van der Waals surface area contributed by atoms with E-state index in [0.717, 1.165) is 6.07 Å². The number of thiophene rings is 1. The highest BCUT2D eigenvalue weighted by atomic mass is 32.1. The van der Waals surface area contributed by atoms with Gasteiger partial charge in [-0.25, -0.2) is 9.48 Å². The molecular weight excluding hydrogens is 401 g/mol. The lowest BCUT2D eigenvalue weighted by Crippen LogP contribution is -2.09. The maximum atomic E-state index is 13.2. The molecule has 0 atom stereocenters. The summed E-state index contributed by atoms with van der Waals surface area (Å²) in [5.41, 5.74) is 0.0269. The van der Waals surface area contributed by atoms with Crippen LogP contribution in [0.1, 0.15) is 16.1 Å². The van der Waals surface area contributed by atoms with Crippen molar-refractivity contribution >= 4 is 17.3 Å². The van der Waals surface area contributed by atoms with Gasteiger partial charge < -0.3 is 4.74 Å². The molecule has 4 nitrogen and oxygen atoms in total. The SMILES string of the molecule is O=C(Oc1ccccc1)c1ccc(-n2nc(C(F)(F)F)cc2-c2cccs2)cc1. The van der Waals surface area contributed by atoms with E-state index < -0.39 is 17.8 Å². The maximum Gasteiger partial charge on any atom is 0.435 e. The van der Waals surface area contributed by atoms with Crippen LogP contribution in [-0.4, -0.2) is 15.7 Å². The summed E-state index contributed by atoms with van der Waals surface area (Å²) in [5.74, 6) is -0.152. The molecule has 2 aromatic carbocycles. The van der Waals surface area contributed by atoms with Crippen LogP contribution in [0, 0.1) is 0 Å². The van der Waals surface area contributed by atoms with Crippen LogP contribution in [-0.2, 0) is 6.18 Å². The third-order valence-electron chi connectivity index (χ3n) is 4.07. The number of rotatable bonds is 4. The number of hydrogen-bond acceptors (Lipinski definition) is 4. The molecule has 0 aliphatic heterocycles. The summed E-state index contributed by atoms with van der Waals surface area (Å²) < 4.78 is 46.0. The third kappa shape index (κ3) is 4.07. The van der Waals surface area contributed by atoms with Gasteiger partial charge in [0, 0.05) is 0 Å². The summed E-state index contributed by atoms with van der Waals surface area (Å²) in [7, 11) is 0. The summed E-state index contributed by atoms with van der Waals surface area (Å²) in [6, 6.07) is 19.2. The minimum atomic E-state index is -4.56. The second-order valence-electron chi connectivity index (χ2n) is 6.05. The number of alkyl halides is 3. The maximum absolute atomic E-state index is 13.2. The molecule has 0 bridgehead atoms. The Kier molecular flexibility index (Phi) is 4.94. The molecule has 29 heavy (non-hydrogen) atoms. The lowest BCUT2D eigenvalue weighted by Gasteiger charge is -2.08. The number of ether oxygens (including phenoxy) is 1. The van der Waals surface area contributed by atoms with Crippen LogP contribution in [0.4, 0.5) is 13.2 Å². The highest BCUT2D eigenvalue weighted by Gasteiger charge is 2.35. The van der Waals surface area contributed by atoms with E-state index in [-0.39, 0.29) is 5.56 Å². The number of benzene rings is 2. The number of carbonyl (C=O) groups excluding carboxylic acids is 1. The molecular formula is C21H13F3N2O2S. The Hall–Kier alpha value is -3.39. The summed E-state index contributed by atoms with van der Waals surface area (Å²) in [5, 5.41) is 5.51. The predicted molar refractivity (Wildman–Crippen MR) is 103 cm³/mol. The van der Waals surface area contributed by atoms with E-state index >= 15 is 0 Å². The number of nitrogens with zero attached hydrogens (tertiary/aromatic N) is 2. The van der Waals surface area contributed by atoms with Gasteiger partial charge in [0.15, 0.2) is 5.69 Å². The van der Waals surface area contributed by atoms with Gasteiger partial charge in [0.1, 0.15) is 5.75 Å². The molecule has 0 unspecified atom stereocenters. The smallest absolute Gasteiger partial charge is 0.423 e. The first-order chi connectivity index (χ1) is 13.9. The molecule has 146 valence electrons. The van der Waals surface area contributed by atoms with Gasteiger partial charge in [-0.05, 0) is 53.9 Å². The molecule has 0 saturated carbocycles. The van der Waals surface area contributed by atoms with Gasteiger partial charge in [-0.15, -0.1) is 11.3 Å². The second-order valence-corrected chi connectivity index (χ2v) is 7.00. The van der Waals surface area contributed by atoms with Gasteiger partial charge >= 0.3 is 12.1 Å². The van der Waals surface area contributed by atoms with Crippen molar-refractivity contribution in [1.82, 2.24) is 9.78 Å². The largest absolute Gasteiger partial charge is 0.435 e. The fraction of sp³-hybridized carbons (Fsp3) is 0.0476. The molecule has 0 aliphatic carbocycles. The monoisotopic (exact) mass is 414 g/mol. The molecule has 0 saturated heterocycles. The summed E-state index contributed by atoms with van der Waals surface area (Å²) >= 11 is 1.32. The van der Waals surface area contributed by atoms with Crippen LogP contribution in [0.2, 0.25) is 0 Å². The number of carbonyl (C=O) groups is 1. The molecule has 0 amide bonds. The third-order valence-corrected chi connectivity index (χ3v) is 4.97. The van der Waals surface area contributed by atoms with Crippen LogP contribution in [0.5, 0.6) is 5.75 Å². The molecule has 4 rings (SSSR count). The van der Waals surface area contributed by atoms with E-state index in [9.17, 15) is 18.0 Å². The van der Waals surface area contributed by atoms with Crippen molar-refractivity contribution in [3.63, 3.8) is 0 Å². The molecule has 0 spiro atoms. The average Bonchev–Trinajstić information content (AvgIpc) is 3.38. The highest BCUT2D eigenvalue weighted by Crippen LogP contribution is 2.34. The zero-order chi connectivity index (χ0) is 20.4. The van der Waals surface area contributed by atoms with Crippen LogP contribution in [0.15, 0.2) is 78.2 Å². The highest BCUT2D eigenvalue weighted by molar-refractivity contribution is 7.13. The Bertz CT molecular complexity index is 1120. The van der Waals surface area contributed by atoms with Gasteiger partial charge in [-0.2, -0.15) is 18.3 Å². The van der Waals surface area contributed by atoms with Crippen molar-refractivity contribution in [2.24, 2.45) is 0 Å². The normalized spacial score (nSPS) is 11.4. The first-order valence-electron chi connectivity index (χ1n) is 8.50. The van der Waals surface area contributed by atoms with Crippen molar-refractivity contribution < 1.29 is 22.7 Å². The lowest BCUT2D eigenvalue weighted by molar-refractivity contribution is -0.141. The van der Waals surface area contributed by atoms with Crippen LogP contribution in [0.25, 0.3) is 16.3 Å². The molecule has 0 N–H and O–H groups in total. The average molecular weight is 414 g/mol. The van der Waals surface area contributed by atoms with Gasteiger partial charge in [0.05, 0.1) is 21.8 Å². The zero-order valence-electron chi connectivity index (χ0n) is 14.8. The topological polar surface area (TPSA) is 44.1 Å². The molecule has 4 aromatic rings. The van der Waals surface area contributed by atoms with Crippen molar-refractivity contribution in [1.29, 1.82) is 0 Å². The van der Waals surface area contributed by atoms with Gasteiger partial charge in [0.2, 0.25) is 0 Å². The molecule has 0 radical (unpaired) electrons. The number of para-hydroxylation sites is 1. The lowest BCUT2D eigenvalue weighted by atomic mass is 10.2. The van der Waals surface area contributed by atoms with Crippen LogP contribution < -0.4 is 4.74 Å². The second kappa shape index (κ2) is 7.56. The molecule has 0 fully saturated rings. The van der Waals surface area contributed by atoms with E-state index in [1.165, 1.54) is 40.3 Å². The quantitative estimate of drug-likeness (QED) is 0.311. The first-order valence-corrected chi connectivity index (χ1v) is 9.38. The Morgan fingerprint density at radius 3 is 2.31 bits per heavy atom. The number of hydrogen-bond donors (Lipinski definition) is 0. The van der Waals surface area contributed by atoms with E-state index in [0.29, 0.717) is 22.0 Å². The Labute approximate surface area is 167 Å². The molecule has 2 heterocycles. The van der Waals surface area contributed by atoms with Gasteiger partial charge in [-0.3, -0.25) is 0 Å². The Balaban J connectivity index is 1.65. The molecule has 0 aliphatic rings. The van der Waals surface area contributed by atoms with E-state index in [1.54, 1.807) is 47.8 Å². The minimum absolute atomic E-state index is 0.276. The van der Waals surface area contributed by atoms with Gasteiger partial charge in [-0.1, -0.05) is 24.3 Å². The van der Waals surface area contributed by atoms with E-state index in [1.807, 2.05) is 0 Å². The van der Waals surface area contributed by atoms with Crippen molar-refractivity contribution in [2.75, 3.05) is 0 Å². The fourth-order valence-corrected chi connectivity index (χ4v) is 3.44. The molecule has 2 aromatic heterocycles. The number of esters is 1. The Morgan fingerprint density at radius 2 is 1.69 bits per heavy atom. The van der Waals surface area contributed by atoms with E-state index in [4.69, 9.17) is 4.74 Å². The summed E-state index contributed by atoms with van der Waals surface area (Å²) in [6.07, 6.45) is -4.56. The summed E-state index contributed by atoms with van der Waals surface area (Å²) in [4.78, 5) is 12.9. The van der Waals surface area contributed by atoms with Crippen LogP contribution >= 0.6 is 11.3 Å². The molecule has 8 heteroatoms. The van der Waals surface area contributed by atoms with Gasteiger partial charge in [0.25, 0.3) is 0 Å². The van der Waals surface area contributed by atoms with Crippen molar-refractivity contribution in [3.05, 3.63) is 89.4 Å². The minimum Gasteiger partial charge on any atom is -0.423 e. The first kappa shape index (κ1) is 18.9. The van der Waals surface area contributed by atoms with Crippen LogP contribution in [0.3, 0.4) is 0 Å². The zero-order valence-corrected chi connectivity index (χ0v) is 15.6. The van der Waals surface area contributed by atoms with E-state index in [2.05, 4.69) is 5.10 Å². The number of aromatic nitrogens is 2. The number of halogens is 3. The Morgan fingerprint density at radius 1 is 0.966 bits per heavy atom.